The molecule has 0 aliphatic rings. The van der Waals surface area contributed by atoms with Crippen LogP contribution < -0.4 is 10.9 Å². The molecular weight excluding hydrogens is 359 g/mol. The minimum Gasteiger partial charge on any atom is -0.336 e. The summed E-state index contributed by atoms with van der Waals surface area (Å²) in [7, 11) is 0. The second kappa shape index (κ2) is 6.85. The minimum atomic E-state index is -0.413. The van der Waals surface area contributed by atoms with Crippen LogP contribution in [0.5, 0.6) is 0 Å². The SMILES string of the molecule is N#Cc1cccc(NC(=O)c2cc3ccc(=O)n(-c4ccc(F)cc4)c3[nH]2)c1. The first-order valence-corrected chi connectivity index (χ1v) is 8.37. The monoisotopic (exact) mass is 372 g/mol. The van der Waals surface area contributed by atoms with Crippen molar-refractivity contribution in [1.29, 1.82) is 5.26 Å². The molecule has 0 atom stereocenters. The van der Waals surface area contributed by atoms with Gasteiger partial charge in [-0.25, -0.2) is 4.39 Å². The molecular formula is C21H13FN4O2. The number of rotatable bonds is 3. The van der Waals surface area contributed by atoms with Gasteiger partial charge >= 0.3 is 0 Å². The Morgan fingerprint density at radius 3 is 2.61 bits per heavy atom. The predicted molar refractivity (Wildman–Crippen MR) is 103 cm³/mol. The smallest absolute Gasteiger partial charge is 0.272 e. The van der Waals surface area contributed by atoms with E-state index in [0.717, 1.165) is 0 Å². The van der Waals surface area contributed by atoms with Crippen molar-refractivity contribution in [3.8, 4) is 11.8 Å². The number of nitriles is 1. The highest BCUT2D eigenvalue weighted by Crippen LogP contribution is 2.19. The lowest BCUT2D eigenvalue weighted by molar-refractivity contribution is 0.102. The largest absolute Gasteiger partial charge is 0.336 e. The Balaban J connectivity index is 1.74. The maximum absolute atomic E-state index is 13.2. The zero-order valence-corrected chi connectivity index (χ0v) is 14.4. The number of carbonyl (C=O) groups excluding carboxylic acids is 1. The molecule has 0 radical (unpaired) electrons. The molecule has 6 nitrogen and oxygen atoms in total. The van der Waals surface area contributed by atoms with Gasteiger partial charge in [0, 0.05) is 17.1 Å². The highest BCUT2D eigenvalue weighted by Gasteiger charge is 2.14. The third-order valence-electron chi connectivity index (χ3n) is 4.25. The third-order valence-corrected chi connectivity index (χ3v) is 4.25. The van der Waals surface area contributed by atoms with Crippen LogP contribution in [-0.2, 0) is 0 Å². The van der Waals surface area contributed by atoms with Crippen molar-refractivity contribution in [3.05, 3.63) is 94.2 Å². The molecule has 2 aromatic heterocycles. The molecule has 2 heterocycles. The topological polar surface area (TPSA) is 90.7 Å². The molecule has 0 saturated carbocycles. The van der Waals surface area contributed by atoms with Gasteiger partial charge in [-0.1, -0.05) is 6.07 Å². The summed E-state index contributed by atoms with van der Waals surface area (Å²) in [5.74, 6) is -0.820. The van der Waals surface area contributed by atoms with Crippen LogP contribution in [0.4, 0.5) is 10.1 Å². The summed E-state index contributed by atoms with van der Waals surface area (Å²) in [5.41, 5.74) is 1.76. The summed E-state index contributed by atoms with van der Waals surface area (Å²) in [4.78, 5) is 27.9. The lowest BCUT2D eigenvalue weighted by atomic mass is 10.2. The van der Waals surface area contributed by atoms with E-state index < -0.39 is 11.7 Å². The number of aromatic amines is 1. The lowest BCUT2D eigenvalue weighted by Gasteiger charge is -2.07. The van der Waals surface area contributed by atoms with E-state index >= 15 is 0 Å². The molecule has 0 bridgehead atoms. The fraction of sp³-hybridized carbons (Fsp3) is 0. The van der Waals surface area contributed by atoms with Gasteiger partial charge in [0.05, 0.1) is 17.3 Å². The first-order valence-electron chi connectivity index (χ1n) is 8.37. The van der Waals surface area contributed by atoms with Crippen LogP contribution in [0, 0.1) is 17.1 Å². The summed E-state index contributed by atoms with van der Waals surface area (Å²) >= 11 is 0. The van der Waals surface area contributed by atoms with Gasteiger partial charge < -0.3 is 10.3 Å². The van der Waals surface area contributed by atoms with E-state index in [4.69, 9.17) is 5.26 Å². The Morgan fingerprint density at radius 1 is 1.07 bits per heavy atom. The Hall–Kier alpha value is -4.18. The van der Waals surface area contributed by atoms with Gasteiger partial charge in [0.25, 0.3) is 11.5 Å². The van der Waals surface area contributed by atoms with Crippen LogP contribution >= 0.6 is 0 Å². The number of fused-ring (bicyclic) bond motifs is 1. The average molecular weight is 372 g/mol. The number of carbonyl (C=O) groups is 1. The number of nitrogens with zero attached hydrogens (tertiary/aromatic N) is 2. The maximum Gasteiger partial charge on any atom is 0.272 e. The van der Waals surface area contributed by atoms with Crippen molar-refractivity contribution >= 4 is 22.6 Å². The number of aromatic nitrogens is 2. The molecule has 0 saturated heterocycles. The number of hydrogen-bond donors (Lipinski definition) is 2. The van der Waals surface area contributed by atoms with Crippen LogP contribution in [0.1, 0.15) is 16.1 Å². The Labute approximate surface area is 158 Å². The Morgan fingerprint density at radius 2 is 1.86 bits per heavy atom. The standard InChI is InChI=1S/C21H13FN4O2/c22-15-5-7-17(8-6-15)26-19(27)9-4-14-11-18(25-20(14)26)21(28)24-16-3-1-2-13(10-16)12-23/h1-11,25H,(H,24,28). The number of H-pyrrole nitrogens is 1. The van der Waals surface area contributed by atoms with Gasteiger partial charge in [0.1, 0.15) is 17.2 Å². The van der Waals surface area contributed by atoms with Gasteiger partial charge in [0.2, 0.25) is 0 Å². The van der Waals surface area contributed by atoms with E-state index in [-0.39, 0.29) is 11.3 Å². The molecule has 1 amide bonds. The second-order valence-electron chi connectivity index (χ2n) is 6.12. The lowest BCUT2D eigenvalue weighted by Crippen LogP contribution is -2.17. The van der Waals surface area contributed by atoms with Gasteiger partial charge in [-0.3, -0.25) is 14.2 Å². The zero-order valence-electron chi connectivity index (χ0n) is 14.4. The molecule has 28 heavy (non-hydrogen) atoms. The predicted octanol–water partition coefficient (Wildman–Crippen LogP) is 3.58. The van der Waals surface area contributed by atoms with E-state index in [0.29, 0.717) is 28.0 Å². The van der Waals surface area contributed by atoms with Crippen LogP contribution in [-0.4, -0.2) is 15.5 Å². The van der Waals surface area contributed by atoms with Crippen LogP contribution in [0.2, 0.25) is 0 Å². The van der Waals surface area contributed by atoms with Crippen LogP contribution in [0.15, 0.2) is 71.5 Å². The summed E-state index contributed by atoms with van der Waals surface area (Å²) < 4.78 is 14.6. The van der Waals surface area contributed by atoms with E-state index in [1.807, 2.05) is 6.07 Å². The fourth-order valence-corrected chi connectivity index (χ4v) is 2.95. The van der Waals surface area contributed by atoms with Crippen molar-refractivity contribution in [1.82, 2.24) is 9.55 Å². The normalized spacial score (nSPS) is 10.6. The van der Waals surface area contributed by atoms with E-state index in [1.54, 1.807) is 36.4 Å². The molecule has 136 valence electrons. The van der Waals surface area contributed by atoms with E-state index in [1.165, 1.54) is 34.9 Å². The molecule has 0 fully saturated rings. The van der Waals surface area contributed by atoms with E-state index in [9.17, 15) is 14.0 Å². The first-order chi connectivity index (χ1) is 13.5. The maximum atomic E-state index is 13.2. The van der Waals surface area contributed by atoms with Crippen molar-refractivity contribution in [2.24, 2.45) is 0 Å². The quantitative estimate of drug-likeness (QED) is 0.576. The number of halogens is 1. The number of anilines is 1. The first kappa shape index (κ1) is 17.2. The average Bonchev–Trinajstić information content (AvgIpc) is 3.13. The highest BCUT2D eigenvalue weighted by atomic mass is 19.1. The zero-order chi connectivity index (χ0) is 19.7. The molecule has 7 heteroatoms. The number of nitrogens with one attached hydrogen (secondary N) is 2. The molecule has 2 N–H and O–H groups in total. The number of amides is 1. The minimum absolute atomic E-state index is 0.249. The molecule has 0 aliphatic heterocycles. The van der Waals surface area contributed by atoms with Gasteiger partial charge in [-0.2, -0.15) is 5.26 Å². The summed E-state index contributed by atoms with van der Waals surface area (Å²) in [6, 6.07) is 18.7. The van der Waals surface area contributed by atoms with Crippen molar-refractivity contribution in [2.75, 3.05) is 5.32 Å². The molecule has 0 spiro atoms. The van der Waals surface area contributed by atoms with Crippen molar-refractivity contribution in [2.45, 2.75) is 0 Å². The van der Waals surface area contributed by atoms with E-state index in [2.05, 4.69) is 10.3 Å². The molecule has 2 aromatic carbocycles. The molecule has 4 rings (SSSR count). The van der Waals surface area contributed by atoms with Crippen molar-refractivity contribution < 1.29 is 9.18 Å². The fourth-order valence-electron chi connectivity index (χ4n) is 2.95. The molecule has 0 aliphatic carbocycles. The highest BCUT2D eigenvalue weighted by molar-refractivity contribution is 6.05. The number of pyridine rings is 1. The molecule has 0 unspecified atom stereocenters. The number of benzene rings is 2. The Bertz CT molecular complexity index is 1300. The summed E-state index contributed by atoms with van der Waals surface area (Å²) in [6.07, 6.45) is 0. The second-order valence-corrected chi connectivity index (χ2v) is 6.12. The van der Waals surface area contributed by atoms with Gasteiger partial charge in [-0.15, -0.1) is 0 Å². The van der Waals surface area contributed by atoms with Crippen LogP contribution in [0.3, 0.4) is 0 Å². The number of hydrogen-bond acceptors (Lipinski definition) is 3. The van der Waals surface area contributed by atoms with Gasteiger partial charge in [-0.05, 0) is 54.6 Å². The van der Waals surface area contributed by atoms with Gasteiger partial charge in [0.15, 0.2) is 0 Å². The van der Waals surface area contributed by atoms with Crippen LogP contribution in [0.25, 0.3) is 16.7 Å². The molecule has 4 aromatic rings. The third kappa shape index (κ3) is 3.15. The summed E-state index contributed by atoms with van der Waals surface area (Å²) in [5, 5.41) is 12.3. The Kier molecular flexibility index (Phi) is 4.22. The summed E-state index contributed by atoms with van der Waals surface area (Å²) in [6.45, 7) is 0. The van der Waals surface area contributed by atoms with Crippen molar-refractivity contribution in [3.63, 3.8) is 0 Å².